The van der Waals surface area contributed by atoms with Crippen molar-refractivity contribution in [2.75, 3.05) is 58.9 Å². The molecule has 0 rings (SSSR count). The molecule has 28 nitrogen and oxygen atoms in total. The topological polar surface area (TPSA) is 453 Å². The number of carboxylic acids is 1. The largest absolute Gasteiger partial charge is 0.480 e. The van der Waals surface area contributed by atoms with Gasteiger partial charge in [-0.25, -0.2) is 0 Å². The number of hydrogen-bond acceptors (Lipinski definition) is 15. The molecule has 0 aliphatic carbocycles. The summed E-state index contributed by atoms with van der Waals surface area (Å²) < 4.78 is 0. The van der Waals surface area contributed by atoms with Gasteiger partial charge in [0.05, 0.1) is 51.9 Å². The SMILES string of the molecule is CC(N)C(=O)NC(CCC(=O)NC(CCCCNC(=O)CNC(=O)CNC(=O)CNC(=O)CNC(=O)CN)C(=O)NC(C)C(=O)NCC(=O)NCC(=O)NCC(=O)O)C(N)=O. The third kappa shape index (κ3) is 27.4. The van der Waals surface area contributed by atoms with Crippen molar-refractivity contribution < 1.29 is 67.4 Å². The number of nitrogens with two attached hydrogens (primary N) is 3. The van der Waals surface area contributed by atoms with E-state index in [1.807, 2.05) is 5.32 Å². The van der Waals surface area contributed by atoms with Crippen LogP contribution in [0.25, 0.3) is 0 Å². The molecule has 342 valence electrons. The van der Waals surface area contributed by atoms with Crippen LogP contribution in [0, 0.1) is 0 Å². The van der Waals surface area contributed by atoms with Crippen LogP contribution in [0.3, 0.4) is 0 Å². The van der Waals surface area contributed by atoms with Gasteiger partial charge in [0.2, 0.25) is 70.9 Å². The molecule has 0 heterocycles. The number of carbonyl (C=O) groups is 13. The minimum atomic E-state index is -1.30. The molecule has 18 N–H and O–H groups in total. The van der Waals surface area contributed by atoms with E-state index in [-0.39, 0.29) is 45.2 Å². The highest BCUT2D eigenvalue weighted by atomic mass is 16.4. The van der Waals surface area contributed by atoms with Gasteiger partial charge in [-0.2, -0.15) is 0 Å². The number of hydrogen-bond donors (Lipinski definition) is 15. The second-order valence-corrected chi connectivity index (χ2v) is 13.0. The molecule has 0 spiro atoms. The molecule has 4 unspecified atom stereocenters. The second-order valence-electron chi connectivity index (χ2n) is 13.0. The van der Waals surface area contributed by atoms with Gasteiger partial charge < -0.3 is 80.8 Å². The fourth-order valence-electron chi connectivity index (χ4n) is 4.32. The fraction of sp³-hybridized carbons (Fsp3) is 0.606. The lowest BCUT2D eigenvalue weighted by Gasteiger charge is -2.22. The number of carbonyl (C=O) groups excluding carboxylic acids is 12. The van der Waals surface area contributed by atoms with Crippen molar-refractivity contribution in [3.05, 3.63) is 0 Å². The van der Waals surface area contributed by atoms with E-state index >= 15 is 0 Å². The molecule has 0 fully saturated rings. The zero-order chi connectivity index (χ0) is 46.5. The van der Waals surface area contributed by atoms with E-state index < -0.39 is 147 Å². The van der Waals surface area contributed by atoms with Gasteiger partial charge in [0, 0.05) is 13.0 Å². The molecule has 0 aromatic heterocycles. The number of rotatable bonds is 30. The van der Waals surface area contributed by atoms with Gasteiger partial charge >= 0.3 is 5.97 Å². The van der Waals surface area contributed by atoms with Crippen molar-refractivity contribution in [1.29, 1.82) is 0 Å². The molecule has 28 heteroatoms. The smallest absolute Gasteiger partial charge is 0.322 e. The van der Waals surface area contributed by atoms with Crippen molar-refractivity contribution in [2.45, 2.75) is 70.1 Å². The minimum Gasteiger partial charge on any atom is -0.480 e. The van der Waals surface area contributed by atoms with Gasteiger partial charge in [0.15, 0.2) is 0 Å². The molecule has 0 aliphatic heterocycles. The van der Waals surface area contributed by atoms with E-state index in [9.17, 15) is 62.3 Å². The normalized spacial score (nSPS) is 12.3. The molecule has 0 aromatic rings. The summed E-state index contributed by atoms with van der Waals surface area (Å²) in [6.45, 7) is -1.33. The van der Waals surface area contributed by atoms with Gasteiger partial charge in [0.1, 0.15) is 24.7 Å². The monoisotopic (exact) mass is 872 g/mol. The van der Waals surface area contributed by atoms with Crippen LogP contribution in [0.15, 0.2) is 0 Å². The van der Waals surface area contributed by atoms with E-state index in [4.69, 9.17) is 22.3 Å². The molecular formula is C33H56N14O14. The van der Waals surface area contributed by atoms with E-state index in [0.29, 0.717) is 0 Å². The van der Waals surface area contributed by atoms with Crippen molar-refractivity contribution in [2.24, 2.45) is 17.2 Å². The molecule has 0 aromatic carbocycles. The van der Waals surface area contributed by atoms with Gasteiger partial charge in [0.25, 0.3) is 0 Å². The Balaban J connectivity index is 5.09. The Bertz CT molecular complexity index is 1610. The Kier molecular flexibility index (Phi) is 26.7. The first-order valence-corrected chi connectivity index (χ1v) is 18.7. The minimum absolute atomic E-state index is 0.0337. The Morgan fingerprint density at radius 2 is 0.918 bits per heavy atom. The number of nitrogens with one attached hydrogen (secondary N) is 11. The quantitative estimate of drug-likeness (QED) is 0.0298. The van der Waals surface area contributed by atoms with Crippen molar-refractivity contribution in [3.63, 3.8) is 0 Å². The highest BCUT2D eigenvalue weighted by Gasteiger charge is 2.26. The zero-order valence-electron chi connectivity index (χ0n) is 33.7. The van der Waals surface area contributed by atoms with Gasteiger partial charge in [-0.15, -0.1) is 0 Å². The summed E-state index contributed by atoms with van der Waals surface area (Å²) in [5.41, 5.74) is 15.9. The lowest BCUT2D eigenvalue weighted by molar-refractivity contribution is -0.138. The Labute approximate surface area is 348 Å². The van der Waals surface area contributed by atoms with Crippen molar-refractivity contribution in [1.82, 2.24) is 58.5 Å². The zero-order valence-corrected chi connectivity index (χ0v) is 33.7. The average Bonchev–Trinajstić information content (AvgIpc) is 3.21. The summed E-state index contributed by atoms with van der Waals surface area (Å²) in [5, 5.41) is 33.7. The standard InChI is InChI=1S/C33H56N14O14/c1-17(35)31(59)47-19(30(36)58)6-7-21(48)46-20(33(61)45-18(2)32(60)44-15-28(55)42-14-27(54)43-16-29(56)57)5-3-4-8-37-23(50)10-39-25(52)12-41-26(53)13-40-24(51)11-38-22(49)9-34/h17-20H,3-16,34-35H2,1-2H3,(H2,36,58)(H,37,50)(H,38,49)(H,39,52)(H,40,51)(H,41,53)(H,42,55)(H,43,54)(H,44,60)(H,45,61)(H,46,48)(H,47,59)(H,56,57). The molecule has 0 bridgehead atoms. The highest BCUT2D eigenvalue weighted by molar-refractivity contribution is 5.95. The van der Waals surface area contributed by atoms with Crippen LogP contribution in [-0.2, 0) is 62.3 Å². The third-order valence-corrected chi connectivity index (χ3v) is 7.65. The Morgan fingerprint density at radius 1 is 0.475 bits per heavy atom. The summed E-state index contributed by atoms with van der Waals surface area (Å²) in [6, 6.07) is -4.75. The van der Waals surface area contributed by atoms with E-state index in [0.717, 1.165) is 0 Å². The Morgan fingerprint density at radius 3 is 1.36 bits per heavy atom. The predicted octanol–water partition coefficient (Wildman–Crippen LogP) is -9.78. The maximum atomic E-state index is 13.2. The molecule has 0 saturated carbocycles. The van der Waals surface area contributed by atoms with Crippen molar-refractivity contribution in [3.8, 4) is 0 Å². The van der Waals surface area contributed by atoms with Crippen LogP contribution in [0.1, 0.15) is 46.0 Å². The summed E-state index contributed by atoms with van der Waals surface area (Å²) in [4.78, 5) is 155. The van der Waals surface area contributed by atoms with E-state index in [1.54, 1.807) is 0 Å². The van der Waals surface area contributed by atoms with Crippen LogP contribution in [0.2, 0.25) is 0 Å². The summed E-state index contributed by atoms with van der Waals surface area (Å²) in [7, 11) is 0. The number of aliphatic carboxylic acids is 1. The van der Waals surface area contributed by atoms with Crippen LogP contribution in [0.4, 0.5) is 0 Å². The highest BCUT2D eigenvalue weighted by Crippen LogP contribution is 2.05. The maximum absolute atomic E-state index is 13.2. The van der Waals surface area contributed by atoms with Gasteiger partial charge in [-0.1, -0.05) is 0 Å². The lowest BCUT2D eigenvalue weighted by Crippen LogP contribution is -2.54. The summed E-state index contributed by atoms with van der Waals surface area (Å²) in [5.74, 6) is -10.2. The third-order valence-electron chi connectivity index (χ3n) is 7.65. The molecule has 61 heavy (non-hydrogen) atoms. The maximum Gasteiger partial charge on any atom is 0.322 e. The Hall–Kier alpha value is -6.97. The van der Waals surface area contributed by atoms with Gasteiger partial charge in [-0.05, 0) is 39.5 Å². The lowest BCUT2D eigenvalue weighted by atomic mass is 10.1. The van der Waals surface area contributed by atoms with Crippen molar-refractivity contribution >= 4 is 76.9 Å². The van der Waals surface area contributed by atoms with E-state index in [1.165, 1.54) is 13.8 Å². The van der Waals surface area contributed by atoms with Crippen LogP contribution in [-0.4, -0.2) is 165 Å². The molecule has 0 radical (unpaired) electrons. The summed E-state index contributed by atoms with van der Waals surface area (Å²) >= 11 is 0. The van der Waals surface area contributed by atoms with Crippen LogP contribution >= 0.6 is 0 Å². The van der Waals surface area contributed by atoms with Gasteiger partial charge in [-0.3, -0.25) is 62.3 Å². The molecule has 12 amide bonds. The number of amides is 12. The molecular weight excluding hydrogens is 816 g/mol. The fourth-order valence-corrected chi connectivity index (χ4v) is 4.32. The predicted molar refractivity (Wildman–Crippen MR) is 208 cm³/mol. The number of unbranched alkanes of at least 4 members (excludes halogenated alkanes) is 1. The first-order chi connectivity index (χ1) is 28.6. The summed E-state index contributed by atoms with van der Waals surface area (Å²) in [6.07, 6.45) is -0.199. The first kappa shape index (κ1) is 54.0. The molecule has 0 aliphatic rings. The number of primary amides is 1. The first-order valence-electron chi connectivity index (χ1n) is 18.7. The molecule has 0 saturated heterocycles. The second kappa shape index (κ2) is 30.1. The van der Waals surface area contributed by atoms with Crippen LogP contribution < -0.4 is 75.7 Å². The van der Waals surface area contributed by atoms with Crippen LogP contribution in [0.5, 0.6) is 0 Å². The average molecular weight is 873 g/mol. The molecule has 4 atom stereocenters. The van der Waals surface area contributed by atoms with E-state index in [2.05, 4.69) is 53.2 Å². The number of carboxylic acid groups (broad SMARTS) is 1.